The van der Waals surface area contributed by atoms with E-state index >= 15 is 0 Å². The number of rotatable bonds is 2. The molecule has 1 heterocycles. The van der Waals surface area contributed by atoms with Crippen LogP contribution in [0.4, 0.5) is 4.79 Å². The first-order chi connectivity index (χ1) is 7.43. The molecule has 2 unspecified atom stereocenters. The van der Waals surface area contributed by atoms with E-state index in [4.69, 9.17) is 5.11 Å². The van der Waals surface area contributed by atoms with Crippen molar-refractivity contribution < 1.29 is 14.7 Å². The van der Waals surface area contributed by atoms with Crippen molar-refractivity contribution in [3.8, 4) is 0 Å². The fraction of sp³-hybridized carbons (Fsp3) is 0.818. The minimum absolute atomic E-state index is 0.176. The minimum atomic E-state index is -1.01. The molecule has 0 radical (unpaired) electrons. The van der Waals surface area contributed by atoms with Gasteiger partial charge in [0.2, 0.25) is 0 Å². The summed E-state index contributed by atoms with van der Waals surface area (Å²) < 4.78 is 0. The summed E-state index contributed by atoms with van der Waals surface area (Å²) in [4.78, 5) is 24.2. The van der Waals surface area contributed by atoms with Crippen molar-refractivity contribution in [1.29, 1.82) is 0 Å². The number of carboxylic acids is 1. The highest BCUT2D eigenvalue weighted by Crippen LogP contribution is 2.22. The Hall–Kier alpha value is -1.26. The van der Waals surface area contributed by atoms with E-state index in [1.165, 1.54) is 6.92 Å². The molecule has 1 aliphatic rings. The smallest absolute Gasteiger partial charge is 0.325 e. The lowest BCUT2D eigenvalue weighted by Gasteiger charge is -2.38. The number of nitrogens with zero attached hydrogens (tertiary/aromatic N) is 1. The molecule has 0 aromatic rings. The number of likely N-dealkylation sites (tertiary alicyclic amines) is 1. The largest absolute Gasteiger partial charge is 0.480 e. The SMILES string of the molecule is CC1CCCN(C(=O)N[C@H](C)C(=O)O)C1C. The first kappa shape index (κ1) is 12.8. The van der Waals surface area contributed by atoms with E-state index < -0.39 is 12.0 Å². The molecule has 0 spiro atoms. The number of carbonyl (C=O) groups is 2. The van der Waals surface area contributed by atoms with Gasteiger partial charge in [-0.2, -0.15) is 0 Å². The normalized spacial score (nSPS) is 27.3. The quantitative estimate of drug-likeness (QED) is 0.748. The van der Waals surface area contributed by atoms with Gasteiger partial charge >= 0.3 is 12.0 Å². The van der Waals surface area contributed by atoms with Gasteiger partial charge in [0.15, 0.2) is 0 Å². The second-order valence-electron chi connectivity index (χ2n) is 4.56. The van der Waals surface area contributed by atoms with Gasteiger partial charge in [0.1, 0.15) is 6.04 Å². The van der Waals surface area contributed by atoms with Gasteiger partial charge < -0.3 is 15.3 Å². The summed E-state index contributed by atoms with van der Waals surface area (Å²) in [5.41, 5.74) is 0. The van der Waals surface area contributed by atoms with E-state index in [9.17, 15) is 9.59 Å². The third kappa shape index (κ3) is 2.87. The molecule has 1 saturated heterocycles. The zero-order valence-corrected chi connectivity index (χ0v) is 10.1. The zero-order valence-electron chi connectivity index (χ0n) is 10.1. The van der Waals surface area contributed by atoms with Crippen molar-refractivity contribution in [2.24, 2.45) is 5.92 Å². The number of aliphatic carboxylic acids is 1. The highest BCUT2D eigenvalue weighted by atomic mass is 16.4. The maximum Gasteiger partial charge on any atom is 0.325 e. The lowest BCUT2D eigenvalue weighted by Crippen LogP contribution is -2.53. The molecule has 0 saturated carbocycles. The Labute approximate surface area is 95.8 Å². The summed E-state index contributed by atoms with van der Waals surface area (Å²) in [6, 6.07) is -0.930. The maximum absolute atomic E-state index is 11.8. The number of nitrogens with one attached hydrogen (secondary N) is 1. The summed E-state index contributed by atoms with van der Waals surface area (Å²) >= 11 is 0. The number of hydrogen-bond acceptors (Lipinski definition) is 2. The van der Waals surface area contributed by atoms with Crippen LogP contribution in [0.1, 0.15) is 33.6 Å². The molecular formula is C11H20N2O3. The van der Waals surface area contributed by atoms with Gasteiger partial charge in [0.25, 0.3) is 0 Å². The molecule has 0 aliphatic carbocycles. The highest BCUT2D eigenvalue weighted by molar-refractivity contribution is 5.82. The van der Waals surface area contributed by atoms with E-state index in [0.29, 0.717) is 12.5 Å². The predicted octanol–water partition coefficient (Wildman–Crippen LogP) is 1.29. The topological polar surface area (TPSA) is 69.6 Å². The third-order valence-corrected chi connectivity index (χ3v) is 3.34. The average Bonchev–Trinajstić information content (AvgIpc) is 2.21. The summed E-state index contributed by atoms with van der Waals surface area (Å²) in [5.74, 6) is -0.536. The lowest BCUT2D eigenvalue weighted by molar-refractivity contribution is -0.138. The Balaban J connectivity index is 2.56. The third-order valence-electron chi connectivity index (χ3n) is 3.34. The molecular weight excluding hydrogens is 208 g/mol. The molecule has 2 N–H and O–H groups in total. The Morgan fingerprint density at radius 1 is 1.44 bits per heavy atom. The van der Waals surface area contributed by atoms with Crippen LogP contribution in [0.5, 0.6) is 0 Å². The molecule has 0 bridgehead atoms. The van der Waals surface area contributed by atoms with Crippen LogP contribution in [0, 0.1) is 5.92 Å². The van der Waals surface area contributed by atoms with Crippen LogP contribution in [-0.4, -0.2) is 40.6 Å². The van der Waals surface area contributed by atoms with Gasteiger partial charge in [0.05, 0.1) is 0 Å². The van der Waals surface area contributed by atoms with E-state index in [-0.39, 0.29) is 12.1 Å². The van der Waals surface area contributed by atoms with Crippen LogP contribution in [0.15, 0.2) is 0 Å². The summed E-state index contributed by atoms with van der Waals surface area (Å²) in [7, 11) is 0. The van der Waals surface area contributed by atoms with Crippen LogP contribution >= 0.6 is 0 Å². The first-order valence-corrected chi connectivity index (χ1v) is 5.73. The molecule has 1 fully saturated rings. The van der Waals surface area contributed by atoms with Gasteiger partial charge in [-0.25, -0.2) is 4.79 Å². The second kappa shape index (κ2) is 5.18. The van der Waals surface area contributed by atoms with E-state index in [1.54, 1.807) is 4.90 Å². The standard InChI is InChI=1S/C11H20N2O3/c1-7-5-4-6-13(9(7)3)11(16)12-8(2)10(14)15/h7-9H,4-6H2,1-3H3,(H,12,16)(H,14,15)/t7?,8-,9?/m1/s1. The Kier molecular flexibility index (Phi) is 4.15. The Morgan fingerprint density at radius 3 is 2.62 bits per heavy atom. The van der Waals surface area contributed by atoms with Gasteiger partial charge in [-0.15, -0.1) is 0 Å². The molecule has 92 valence electrons. The number of piperidine rings is 1. The van der Waals surface area contributed by atoms with Crippen LogP contribution in [0.3, 0.4) is 0 Å². The first-order valence-electron chi connectivity index (χ1n) is 5.73. The number of amides is 2. The second-order valence-corrected chi connectivity index (χ2v) is 4.56. The van der Waals surface area contributed by atoms with Crippen molar-refractivity contribution in [2.45, 2.75) is 45.7 Å². The maximum atomic E-state index is 11.8. The van der Waals surface area contributed by atoms with Gasteiger partial charge in [-0.3, -0.25) is 4.79 Å². The molecule has 0 aromatic carbocycles. The van der Waals surface area contributed by atoms with Gasteiger partial charge in [-0.1, -0.05) is 6.92 Å². The van der Waals surface area contributed by atoms with E-state index in [0.717, 1.165) is 12.8 Å². The summed E-state index contributed by atoms with van der Waals surface area (Å²) in [6.45, 7) is 6.31. The highest BCUT2D eigenvalue weighted by Gasteiger charge is 2.29. The zero-order chi connectivity index (χ0) is 12.3. The predicted molar refractivity (Wildman–Crippen MR) is 60.2 cm³/mol. The lowest BCUT2D eigenvalue weighted by atomic mass is 9.92. The average molecular weight is 228 g/mol. The number of hydrogen-bond donors (Lipinski definition) is 2. The van der Waals surface area contributed by atoms with Crippen molar-refractivity contribution in [3.05, 3.63) is 0 Å². The molecule has 5 heteroatoms. The van der Waals surface area contributed by atoms with Crippen molar-refractivity contribution >= 4 is 12.0 Å². The van der Waals surface area contributed by atoms with Gasteiger partial charge in [-0.05, 0) is 32.6 Å². The molecule has 5 nitrogen and oxygen atoms in total. The van der Waals surface area contributed by atoms with Crippen LogP contribution < -0.4 is 5.32 Å². The van der Waals surface area contributed by atoms with Crippen LogP contribution in [-0.2, 0) is 4.79 Å². The minimum Gasteiger partial charge on any atom is -0.480 e. The number of carboxylic acid groups (broad SMARTS) is 1. The Morgan fingerprint density at radius 2 is 2.06 bits per heavy atom. The fourth-order valence-electron chi connectivity index (χ4n) is 1.95. The number of urea groups is 1. The molecule has 3 atom stereocenters. The monoisotopic (exact) mass is 228 g/mol. The molecule has 2 amide bonds. The van der Waals surface area contributed by atoms with E-state index in [1.807, 2.05) is 6.92 Å². The van der Waals surface area contributed by atoms with Crippen LogP contribution in [0.2, 0.25) is 0 Å². The van der Waals surface area contributed by atoms with Crippen molar-refractivity contribution in [2.75, 3.05) is 6.54 Å². The van der Waals surface area contributed by atoms with Crippen molar-refractivity contribution in [1.82, 2.24) is 10.2 Å². The van der Waals surface area contributed by atoms with Crippen LogP contribution in [0.25, 0.3) is 0 Å². The fourth-order valence-corrected chi connectivity index (χ4v) is 1.95. The summed E-state index contributed by atoms with van der Waals surface area (Å²) in [5, 5.41) is 11.2. The summed E-state index contributed by atoms with van der Waals surface area (Å²) in [6.07, 6.45) is 2.11. The van der Waals surface area contributed by atoms with Crippen molar-refractivity contribution in [3.63, 3.8) is 0 Å². The molecule has 0 aromatic heterocycles. The molecule has 1 rings (SSSR count). The van der Waals surface area contributed by atoms with Gasteiger partial charge in [0, 0.05) is 12.6 Å². The van der Waals surface area contributed by atoms with E-state index in [2.05, 4.69) is 12.2 Å². The molecule has 1 aliphatic heterocycles. The molecule has 16 heavy (non-hydrogen) atoms. The Bertz CT molecular complexity index is 280. The number of carbonyl (C=O) groups excluding carboxylic acids is 1.